The van der Waals surface area contributed by atoms with Gasteiger partial charge in [-0.25, -0.2) is 9.97 Å². The highest BCUT2D eigenvalue weighted by atomic mass is 35.5. The zero-order valence-corrected chi connectivity index (χ0v) is 12.3. The smallest absolute Gasteiger partial charge is 0.287 e. The van der Waals surface area contributed by atoms with Gasteiger partial charge in [-0.1, -0.05) is 34.8 Å². The number of nitrogens with one attached hydrogen (secondary N) is 1. The fourth-order valence-corrected chi connectivity index (χ4v) is 2.09. The molecule has 0 saturated heterocycles. The minimum absolute atomic E-state index is 0.0311. The third-order valence-corrected chi connectivity index (χ3v) is 3.28. The van der Waals surface area contributed by atoms with Gasteiger partial charge in [-0.05, 0) is 12.1 Å². The van der Waals surface area contributed by atoms with Crippen LogP contribution in [0.2, 0.25) is 15.3 Å². The summed E-state index contributed by atoms with van der Waals surface area (Å²) in [5, 5.41) is 12.8. The van der Waals surface area contributed by atoms with Gasteiger partial charge >= 0.3 is 0 Å². The second-order valence-corrected chi connectivity index (χ2v) is 4.83. The molecule has 0 fully saturated rings. The van der Waals surface area contributed by atoms with Crippen molar-refractivity contribution in [3.63, 3.8) is 0 Å². The molecule has 21 heavy (non-hydrogen) atoms. The van der Waals surface area contributed by atoms with E-state index < -0.39 is 10.8 Å². The number of halogens is 3. The van der Waals surface area contributed by atoms with Gasteiger partial charge in [0.05, 0.1) is 4.92 Å². The van der Waals surface area contributed by atoms with E-state index in [1.807, 2.05) is 0 Å². The molecule has 0 saturated carbocycles. The molecular formula is C11H5Cl3N4O3. The average molecular weight is 348 g/mol. The summed E-state index contributed by atoms with van der Waals surface area (Å²) in [4.78, 5) is 29.4. The van der Waals surface area contributed by atoms with Gasteiger partial charge in [0.2, 0.25) is 0 Å². The van der Waals surface area contributed by atoms with E-state index >= 15 is 0 Å². The Labute approximate surface area is 133 Å². The standard InChI is InChI=1S/C11H5Cl3N4O3/c12-6-3-5(1-2-7(6)18(20)21)11(19)17-8-9(13)15-4-16-10(8)14/h1-4H,(H,17,19). The quantitative estimate of drug-likeness (QED) is 0.519. The van der Waals surface area contributed by atoms with E-state index in [2.05, 4.69) is 15.3 Å². The summed E-state index contributed by atoms with van der Waals surface area (Å²) in [6, 6.07) is 3.55. The molecule has 10 heteroatoms. The molecule has 0 atom stereocenters. The molecule has 1 aromatic heterocycles. The van der Waals surface area contributed by atoms with E-state index in [4.69, 9.17) is 34.8 Å². The molecule has 2 aromatic rings. The first-order valence-electron chi connectivity index (χ1n) is 5.31. The van der Waals surface area contributed by atoms with Crippen LogP contribution in [0.25, 0.3) is 0 Å². The zero-order chi connectivity index (χ0) is 15.6. The van der Waals surface area contributed by atoms with Crippen molar-refractivity contribution in [1.82, 2.24) is 9.97 Å². The van der Waals surface area contributed by atoms with Gasteiger partial charge in [0.15, 0.2) is 10.3 Å². The number of hydrogen-bond donors (Lipinski definition) is 1. The van der Waals surface area contributed by atoms with E-state index in [0.717, 1.165) is 12.4 Å². The van der Waals surface area contributed by atoms with Crippen molar-refractivity contribution < 1.29 is 9.72 Å². The molecule has 108 valence electrons. The summed E-state index contributed by atoms with van der Waals surface area (Å²) < 4.78 is 0. The van der Waals surface area contributed by atoms with Gasteiger partial charge in [-0.3, -0.25) is 14.9 Å². The lowest BCUT2D eigenvalue weighted by Crippen LogP contribution is -2.13. The van der Waals surface area contributed by atoms with Crippen molar-refractivity contribution in [1.29, 1.82) is 0 Å². The number of nitrogens with zero attached hydrogens (tertiary/aromatic N) is 3. The Morgan fingerprint density at radius 3 is 2.33 bits per heavy atom. The van der Waals surface area contributed by atoms with Crippen molar-refractivity contribution >= 4 is 52.1 Å². The summed E-state index contributed by atoms with van der Waals surface area (Å²) in [7, 11) is 0. The van der Waals surface area contributed by atoms with Gasteiger partial charge in [0.25, 0.3) is 11.6 Å². The minimum atomic E-state index is -0.650. The first kappa shape index (κ1) is 15.4. The molecule has 7 nitrogen and oxygen atoms in total. The van der Waals surface area contributed by atoms with Crippen molar-refractivity contribution in [3.05, 3.63) is 55.5 Å². The number of amides is 1. The molecule has 0 radical (unpaired) electrons. The number of benzene rings is 1. The fraction of sp³-hybridized carbons (Fsp3) is 0. The number of nitro benzene ring substituents is 1. The maximum atomic E-state index is 12.0. The monoisotopic (exact) mass is 346 g/mol. The second kappa shape index (κ2) is 6.21. The highest BCUT2D eigenvalue weighted by Gasteiger charge is 2.17. The lowest BCUT2D eigenvalue weighted by atomic mass is 10.2. The SMILES string of the molecule is O=C(Nc1c(Cl)ncnc1Cl)c1ccc([N+](=O)[O-])c(Cl)c1. The van der Waals surface area contributed by atoms with Gasteiger partial charge in [-0.2, -0.15) is 0 Å². The van der Waals surface area contributed by atoms with Crippen LogP contribution in [0.5, 0.6) is 0 Å². The number of nitro groups is 1. The van der Waals surface area contributed by atoms with Crippen LogP contribution in [0.1, 0.15) is 10.4 Å². The van der Waals surface area contributed by atoms with Gasteiger partial charge in [0, 0.05) is 11.6 Å². The first-order chi connectivity index (χ1) is 9.90. The molecule has 1 heterocycles. The van der Waals surface area contributed by atoms with Crippen molar-refractivity contribution in [2.24, 2.45) is 0 Å². The Kier molecular flexibility index (Phi) is 4.56. The van der Waals surface area contributed by atoms with E-state index in [1.165, 1.54) is 12.1 Å². The normalized spacial score (nSPS) is 10.2. The Morgan fingerprint density at radius 2 is 1.81 bits per heavy atom. The molecule has 2 rings (SSSR count). The Bertz CT molecular complexity index is 718. The highest BCUT2D eigenvalue weighted by Crippen LogP contribution is 2.28. The Hall–Kier alpha value is -1.96. The lowest BCUT2D eigenvalue weighted by Gasteiger charge is -2.07. The van der Waals surface area contributed by atoms with Crippen LogP contribution in [0.4, 0.5) is 11.4 Å². The number of carbonyl (C=O) groups excluding carboxylic acids is 1. The summed E-state index contributed by atoms with van der Waals surface area (Å²) >= 11 is 17.3. The van der Waals surface area contributed by atoms with Gasteiger partial charge < -0.3 is 5.32 Å². The molecular weight excluding hydrogens is 343 g/mol. The fourth-order valence-electron chi connectivity index (χ4n) is 1.43. The Balaban J connectivity index is 2.29. The van der Waals surface area contributed by atoms with Crippen LogP contribution in [0.3, 0.4) is 0 Å². The minimum Gasteiger partial charge on any atom is -0.317 e. The summed E-state index contributed by atoms with van der Waals surface area (Å²) in [5.41, 5.74) is -0.158. The van der Waals surface area contributed by atoms with Crippen LogP contribution in [-0.4, -0.2) is 20.8 Å². The third kappa shape index (κ3) is 3.38. The van der Waals surface area contributed by atoms with Crippen molar-refractivity contribution in [2.75, 3.05) is 5.32 Å². The summed E-state index contributed by atoms with van der Waals surface area (Å²) in [6.07, 6.45) is 1.14. The molecule has 0 bridgehead atoms. The molecule has 0 aliphatic rings. The molecule has 1 aromatic carbocycles. The second-order valence-electron chi connectivity index (χ2n) is 3.71. The van der Waals surface area contributed by atoms with Gasteiger partial charge in [-0.15, -0.1) is 0 Å². The van der Waals surface area contributed by atoms with Crippen molar-refractivity contribution in [2.45, 2.75) is 0 Å². The van der Waals surface area contributed by atoms with Crippen LogP contribution < -0.4 is 5.32 Å². The van der Waals surface area contributed by atoms with Gasteiger partial charge in [0.1, 0.15) is 17.0 Å². The largest absolute Gasteiger partial charge is 0.317 e. The van der Waals surface area contributed by atoms with E-state index in [1.54, 1.807) is 0 Å². The number of anilines is 1. The number of aromatic nitrogens is 2. The van der Waals surface area contributed by atoms with Crippen LogP contribution in [-0.2, 0) is 0 Å². The number of hydrogen-bond acceptors (Lipinski definition) is 5. The third-order valence-electron chi connectivity index (χ3n) is 2.40. The Morgan fingerprint density at radius 1 is 1.19 bits per heavy atom. The summed E-state index contributed by atoms with van der Waals surface area (Å²) in [6.45, 7) is 0. The lowest BCUT2D eigenvalue weighted by molar-refractivity contribution is -0.384. The number of rotatable bonds is 3. The van der Waals surface area contributed by atoms with E-state index in [-0.39, 0.29) is 32.3 Å². The maximum absolute atomic E-state index is 12.0. The van der Waals surface area contributed by atoms with Crippen LogP contribution in [0, 0.1) is 10.1 Å². The molecule has 0 spiro atoms. The maximum Gasteiger partial charge on any atom is 0.287 e. The molecule has 1 amide bonds. The predicted molar refractivity (Wildman–Crippen MR) is 78.1 cm³/mol. The highest BCUT2D eigenvalue weighted by molar-refractivity contribution is 6.38. The van der Waals surface area contributed by atoms with E-state index in [0.29, 0.717) is 0 Å². The van der Waals surface area contributed by atoms with Crippen LogP contribution in [0.15, 0.2) is 24.5 Å². The van der Waals surface area contributed by atoms with Crippen LogP contribution >= 0.6 is 34.8 Å². The van der Waals surface area contributed by atoms with Crippen molar-refractivity contribution in [3.8, 4) is 0 Å². The zero-order valence-electron chi connectivity index (χ0n) is 10.0. The molecule has 0 unspecified atom stereocenters. The molecule has 0 aliphatic carbocycles. The molecule has 1 N–H and O–H groups in total. The first-order valence-corrected chi connectivity index (χ1v) is 6.45. The topological polar surface area (TPSA) is 98.0 Å². The molecule has 0 aliphatic heterocycles. The summed E-state index contributed by atoms with van der Waals surface area (Å²) in [5.74, 6) is -0.606. The number of carbonyl (C=O) groups is 1. The average Bonchev–Trinajstić information content (AvgIpc) is 2.42. The van der Waals surface area contributed by atoms with E-state index in [9.17, 15) is 14.9 Å². The predicted octanol–water partition coefficient (Wildman–Crippen LogP) is 3.60.